The van der Waals surface area contributed by atoms with E-state index in [4.69, 9.17) is 4.74 Å². The van der Waals surface area contributed by atoms with Crippen LogP contribution in [0.3, 0.4) is 0 Å². The van der Waals surface area contributed by atoms with Crippen molar-refractivity contribution in [2.75, 3.05) is 45.3 Å². The van der Waals surface area contributed by atoms with Gasteiger partial charge in [-0.3, -0.25) is 10.1 Å². The molecule has 1 amide bonds. The molecule has 0 aliphatic carbocycles. The highest BCUT2D eigenvalue weighted by molar-refractivity contribution is 5.68. The Labute approximate surface area is 122 Å². The molecule has 8 heteroatoms. The highest BCUT2D eigenvalue weighted by atomic mass is 16.6. The molecule has 0 N–H and O–H groups in total. The number of nitrogens with zero attached hydrogens (tertiary/aromatic N) is 3. The van der Waals surface area contributed by atoms with Crippen molar-refractivity contribution in [3.05, 3.63) is 28.3 Å². The molecule has 1 aromatic rings. The molecule has 0 atom stereocenters. The number of ether oxygens (including phenoxy) is 2. The maximum atomic E-state index is 11.4. The lowest BCUT2D eigenvalue weighted by Crippen LogP contribution is -2.48. The number of carbonyl (C=O) groups excluding carboxylic acids is 1. The van der Waals surface area contributed by atoms with Gasteiger partial charge in [-0.1, -0.05) is 0 Å². The number of nitro groups is 1. The van der Waals surface area contributed by atoms with Crippen molar-refractivity contribution in [2.45, 2.75) is 0 Å². The van der Waals surface area contributed by atoms with Gasteiger partial charge in [0, 0.05) is 44.0 Å². The van der Waals surface area contributed by atoms with E-state index in [0.717, 1.165) is 5.69 Å². The fourth-order valence-electron chi connectivity index (χ4n) is 2.29. The Morgan fingerprint density at radius 1 is 1.24 bits per heavy atom. The summed E-state index contributed by atoms with van der Waals surface area (Å²) < 4.78 is 9.74. The minimum absolute atomic E-state index is 0.0607. The molecule has 21 heavy (non-hydrogen) atoms. The number of piperazine rings is 1. The molecule has 1 aromatic carbocycles. The van der Waals surface area contributed by atoms with Crippen LogP contribution in [0.1, 0.15) is 0 Å². The van der Waals surface area contributed by atoms with E-state index in [1.807, 2.05) is 4.90 Å². The number of carbonyl (C=O) groups is 1. The smallest absolute Gasteiger partial charge is 0.409 e. The number of benzene rings is 1. The Bertz CT molecular complexity index is 541. The predicted molar refractivity (Wildman–Crippen MR) is 75.8 cm³/mol. The van der Waals surface area contributed by atoms with E-state index < -0.39 is 4.92 Å². The molecule has 114 valence electrons. The molecular formula is C13H17N3O5. The average molecular weight is 295 g/mol. The van der Waals surface area contributed by atoms with Crippen molar-refractivity contribution in [1.82, 2.24) is 4.90 Å². The summed E-state index contributed by atoms with van der Waals surface area (Å²) in [6, 6.07) is 4.77. The largest absolute Gasteiger partial charge is 0.490 e. The van der Waals surface area contributed by atoms with Crippen LogP contribution in [0, 0.1) is 10.1 Å². The van der Waals surface area contributed by atoms with Crippen LogP contribution in [0.15, 0.2) is 18.2 Å². The Kier molecular flexibility index (Phi) is 4.46. The van der Waals surface area contributed by atoms with E-state index in [1.165, 1.54) is 20.3 Å². The number of anilines is 1. The molecule has 1 aliphatic rings. The van der Waals surface area contributed by atoms with Gasteiger partial charge in [0.2, 0.25) is 0 Å². The van der Waals surface area contributed by atoms with Crippen LogP contribution in [0.4, 0.5) is 16.2 Å². The first kappa shape index (κ1) is 14.9. The standard InChI is InChI=1S/C13H17N3O5/c1-20-12-9-10(3-4-11(12)16(18)19)14-5-7-15(8-6-14)13(17)21-2/h3-4,9H,5-8H2,1-2H3. The maximum Gasteiger partial charge on any atom is 0.409 e. The fourth-order valence-corrected chi connectivity index (χ4v) is 2.29. The van der Waals surface area contributed by atoms with Crippen LogP contribution >= 0.6 is 0 Å². The van der Waals surface area contributed by atoms with Gasteiger partial charge >= 0.3 is 11.8 Å². The molecule has 1 fully saturated rings. The summed E-state index contributed by atoms with van der Waals surface area (Å²) in [6.45, 7) is 2.37. The van der Waals surface area contributed by atoms with E-state index in [9.17, 15) is 14.9 Å². The van der Waals surface area contributed by atoms with Crippen LogP contribution in [0.2, 0.25) is 0 Å². The van der Waals surface area contributed by atoms with Gasteiger partial charge in [0.15, 0.2) is 5.75 Å². The van der Waals surface area contributed by atoms with Gasteiger partial charge in [-0.15, -0.1) is 0 Å². The van der Waals surface area contributed by atoms with Crippen molar-refractivity contribution in [3.63, 3.8) is 0 Å². The third-order valence-corrected chi connectivity index (χ3v) is 3.44. The third kappa shape index (κ3) is 3.15. The summed E-state index contributed by atoms with van der Waals surface area (Å²) in [5.41, 5.74) is 0.774. The van der Waals surface area contributed by atoms with Crippen LogP contribution in [-0.2, 0) is 4.74 Å². The van der Waals surface area contributed by atoms with Crippen molar-refractivity contribution in [3.8, 4) is 5.75 Å². The lowest BCUT2D eigenvalue weighted by molar-refractivity contribution is -0.385. The Balaban J connectivity index is 2.10. The van der Waals surface area contributed by atoms with Crippen LogP contribution in [0.5, 0.6) is 5.75 Å². The average Bonchev–Trinajstić information content (AvgIpc) is 2.53. The normalized spacial score (nSPS) is 14.8. The lowest BCUT2D eigenvalue weighted by Gasteiger charge is -2.35. The number of methoxy groups -OCH3 is 2. The van der Waals surface area contributed by atoms with Gasteiger partial charge in [0.25, 0.3) is 0 Å². The molecule has 0 unspecified atom stereocenters. The first-order chi connectivity index (χ1) is 10.1. The van der Waals surface area contributed by atoms with Crippen molar-refractivity contribution in [2.24, 2.45) is 0 Å². The first-order valence-corrected chi connectivity index (χ1v) is 6.47. The molecule has 0 radical (unpaired) electrons. The summed E-state index contributed by atoms with van der Waals surface area (Å²) in [4.78, 5) is 25.5. The predicted octanol–water partition coefficient (Wildman–Crippen LogP) is 1.49. The second-order valence-corrected chi connectivity index (χ2v) is 4.56. The van der Waals surface area contributed by atoms with E-state index in [2.05, 4.69) is 4.74 Å². The Morgan fingerprint density at radius 2 is 1.90 bits per heavy atom. The highest BCUT2D eigenvalue weighted by Crippen LogP contribution is 2.31. The lowest BCUT2D eigenvalue weighted by atomic mass is 10.2. The van der Waals surface area contributed by atoms with E-state index in [1.54, 1.807) is 17.0 Å². The highest BCUT2D eigenvalue weighted by Gasteiger charge is 2.23. The second kappa shape index (κ2) is 6.29. The van der Waals surface area contributed by atoms with Crippen molar-refractivity contribution < 1.29 is 19.2 Å². The number of rotatable bonds is 3. The van der Waals surface area contributed by atoms with Crippen molar-refractivity contribution in [1.29, 1.82) is 0 Å². The minimum Gasteiger partial charge on any atom is -0.490 e. The molecule has 0 aromatic heterocycles. The number of amides is 1. The molecule has 2 rings (SSSR count). The Morgan fingerprint density at radius 3 is 2.43 bits per heavy atom. The molecule has 0 bridgehead atoms. The van der Waals surface area contributed by atoms with E-state index in [-0.39, 0.29) is 17.5 Å². The summed E-state index contributed by atoms with van der Waals surface area (Å²) in [6.07, 6.45) is -0.337. The second-order valence-electron chi connectivity index (χ2n) is 4.56. The zero-order valence-corrected chi connectivity index (χ0v) is 11.9. The summed E-state index contributed by atoms with van der Waals surface area (Å²) >= 11 is 0. The van der Waals surface area contributed by atoms with Crippen molar-refractivity contribution >= 4 is 17.5 Å². The Hall–Kier alpha value is -2.51. The van der Waals surface area contributed by atoms with E-state index in [0.29, 0.717) is 26.2 Å². The number of hydrogen-bond acceptors (Lipinski definition) is 6. The topological polar surface area (TPSA) is 85.2 Å². The van der Waals surface area contributed by atoms with Gasteiger partial charge in [-0.05, 0) is 6.07 Å². The number of nitro benzene ring substituents is 1. The van der Waals surface area contributed by atoms with Crippen LogP contribution in [0.25, 0.3) is 0 Å². The fraction of sp³-hybridized carbons (Fsp3) is 0.462. The van der Waals surface area contributed by atoms with Gasteiger partial charge < -0.3 is 19.3 Å². The molecule has 0 saturated carbocycles. The quantitative estimate of drug-likeness (QED) is 0.620. The molecule has 1 heterocycles. The molecule has 8 nitrogen and oxygen atoms in total. The van der Waals surface area contributed by atoms with Gasteiger partial charge in [-0.25, -0.2) is 4.79 Å². The zero-order valence-electron chi connectivity index (χ0n) is 11.9. The van der Waals surface area contributed by atoms with Gasteiger partial charge in [-0.2, -0.15) is 0 Å². The SMILES string of the molecule is COC(=O)N1CCN(c2ccc([N+](=O)[O-])c(OC)c2)CC1. The zero-order chi connectivity index (χ0) is 15.4. The molecule has 1 aliphatic heterocycles. The van der Waals surface area contributed by atoms with Crippen LogP contribution < -0.4 is 9.64 Å². The summed E-state index contributed by atoms with van der Waals surface area (Å²) in [7, 11) is 2.76. The molecular weight excluding hydrogens is 278 g/mol. The van der Waals surface area contributed by atoms with Crippen LogP contribution in [-0.4, -0.2) is 56.3 Å². The maximum absolute atomic E-state index is 11.4. The molecule has 0 spiro atoms. The van der Waals surface area contributed by atoms with Gasteiger partial charge in [0.1, 0.15) is 0 Å². The monoisotopic (exact) mass is 295 g/mol. The third-order valence-electron chi connectivity index (χ3n) is 3.44. The molecule has 1 saturated heterocycles. The van der Waals surface area contributed by atoms with Gasteiger partial charge in [0.05, 0.1) is 19.1 Å². The summed E-state index contributed by atoms with van der Waals surface area (Å²) in [5, 5.41) is 10.9. The van der Waals surface area contributed by atoms with E-state index >= 15 is 0 Å². The first-order valence-electron chi connectivity index (χ1n) is 6.47. The minimum atomic E-state index is -0.474. The number of hydrogen-bond donors (Lipinski definition) is 0. The summed E-state index contributed by atoms with van der Waals surface area (Å²) in [5.74, 6) is 0.230.